The Balaban J connectivity index is 2.28. The van der Waals surface area contributed by atoms with E-state index in [1.54, 1.807) is 6.92 Å². The molecule has 6 heteroatoms. The maximum Gasteiger partial charge on any atom is 0.303 e. The predicted octanol–water partition coefficient (Wildman–Crippen LogP) is -0.365. The van der Waals surface area contributed by atoms with Crippen molar-refractivity contribution in [2.45, 2.75) is 44.7 Å². The molecule has 1 saturated heterocycles. The highest BCUT2D eigenvalue weighted by molar-refractivity contribution is 5.90. The van der Waals surface area contributed by atoms with Crippen LogP contribution >= 0.6 is 0 Å². The van der Waals surface area contributed by atoms with Gasteiger partial charge in [0.1, 0.15) is 6.04 Å². The van der Waals surface area contributed by atoms with Gasteiger partial charge in [0.05, 0.1) is 0 Å². The average Bonchev–Trinajstić information content (AvgIpc) is 2.62. The summed E-state index contributed by atoms with van der Waals surface area (Å²) in [6, 6.07) is -0.652. The molecule has 1 aliphatic rings. The monoisotopic (exact) mass is 228 g/mol. The summed E-state index contributed by atoms with van der Waals surface area (Å²) >= 11 is 0. The number of carboxylic acid groups (broad SMARTS) is 1. The SMILES string of the molecule is CC(CCC(=O)O)NC(=O)[C@@H]1CCC(=O)N1. The van der Waals surface area contributed by atoms with Gasteiger partial charge < -0.3 is 15.7 Å². The van der Waals surface area contributed by atoms with Crippen LogP contribution in [0.15, 0.2) is 0 Å². The first kappa shape index (κ1) is 12.5. The number of carbonyl (C=O) groups excluding carboxylic acids is 2. The van der Waals surface area contributed by atoms with Crippen molar-refractivity contribution < 1.29 is 19.5 Å². The minimum Gasteiger partial charge on any atom is -0.481 e. The number of amides is 2. The second-order valence-corrected chi connectivity index (χ2v) is 4.00. The number of carboxylic acids is 1. The number of rotatable bonds is 5. The van der Waals surface area contributed by atoms with E-state index in [9.17, 15) is 14.4 Å². The number of aliphatic carboxylic acids is 1. The Kier molecular flexibility index (Phi) is 4.28. The van der Waals surface area contributed by atoms with Crippen LogP contribution in [0.3, 0.4) is 0 Å². The van der Waals surface area contributed by atoms with Crippen LogP contribution in [0.5, 0.6) is 0 Å². The minimum absolute atomic E-state index is 0.0263. The van der Waals surface area contributed by atoms with Crippen molar-refractivity contribution in [1.29, 1.82) is 0 Å². The highest BCUT2D eigenvalue weighted by Gasteiger charge is 2.27. The topological polar surface area (TPSA) is 95.5 Å². The molecular weight excluding hydrogens is 212 g/mol. The summed E-state index contributed by atoms with van der Waals surface area (Å²) in [6.45, 7) is 1.75. The molecule has 1 rings (SSSR count). The molecule has 6 nitrogen and oxygen atoms in total. The Hall–Kier alpha value is -1.59. The molecule has 1 aliphatic heterocycles. The molecule has 0 bridgehead atoms. The molecule has 0 saturated carbocycles. The second kappa shape index (κ2) is 5.48. The number of hydrogen-bond donors (Lipinski definition) is 3. The van der Waals surface area contributed by atoms with Crippen LogP contribution in [-0.2, 0) is 14.4 Å². The molecule has 0 aromatic rings. The third-order valence-electron chi connectivity index (χ3n) is 2.49. The third kappa shape index (κ3) is 3.88. The molecule has 0 aromatic heterocycles. The van der Waals surface area contributed by atoms with E-state index in [0.29, 0.717) is 19.3 Å². The van der Waals surface area contributed by atoms with E-state index in [0.717, 1.165) is 0 Å². The largest absolute Gasteiger partial charge is 0.481 e. The van der Waals surface area contributed by atoms with E-state index in [4.69, 9.17) is 5.11 Å². The fourth-order valence-corrected chi connectivity index (χ4v) is 1.57. The predicted molar refractivity (Wildman–Crippen MR) is 55.6 cm³/mol. The second-order valence-electron chi connectivity index (χ2n) is 4.00. The van der Waals surface area contributed by atoms with Crippen LogP contribution in [-0.4, -0.2) is 35.0 Å². The van der Waals surface area contributed by atoms with Crippen molar-refractivity contribution in [2.75, 3.05) is 0 Å². The molecule has 0 aromatic carbocycles. The van der Waals surface area contributed by atoms with Crippen molar-refractivity contribution in [3.8, 4) is 0 Å². The van der Waals surface area contributed by atoms with Crippen LogP contribution < -0.4 is 10.6 Å². The zero-order valence-corrected chi connectivity index (χ0v) is 9.16. The minimum atomic E-state index is -0.879. The van der Waals surface area contributed by atoms with Gasteiger partial charge in [-0.15, -0.1) is 0 Å². The van der Waals surface area contributed by atoms with E-state index in [1.807, 2.05) is 0 Å². The van der Waals surface area contributed by atoms with Crippen LogP contribution in [0.4, 0.5) is 0 Å². The first-order chi connectivity index (χ1) is 7.49. The number of carbonyl (C=O) groups is 3. The van der Waals surface area contributed by atoms with Gasteiger partial charge in [0.15, 0.2) is 0 Å². The van der Waals surface area contributed by atoms with E-state index < -0.39 is 12.0 Å². The lowest BCUT2D eigenvalue weighted by atomic mass is 10.1. The Morgan fingerprint density at radius 3 is 2.81 bits per heavy atom. The molecule has 3 N–H and O–H groups in total. The molecule has 16 heavy (non-hydrogen) atoms. The van der Waals surface area contributed by atoms with Gasteiger partial charge >= 0.3 is 5.97 Å². The van der Waals surface area contributed by atoms with E-state index in [1.165, 1.54) is 0 Å². The summed E-state index contributed by atoms with van der Waals surface area (Å²) in [6.07, 6.45) is 1.30. The fourth-order valence-electron chi connectivity index (χ4n) is 1.57. The molecule has 1 unspecified atom stereocenters. The Labute approximate surface area is 93.4 Å². The number of nitrogens with one attached hydrogen (secondary N) is 2. The van der Waals surface area contributed by atoms with Crippen molar-refractivity contribution in [2.24, 2.45) is 0 Å². The molecular formula is C10H16N2O4. The van der Waals surface area contributed by atoms with Gasteiger partial charge in [0, 0.05) is 18.9 Å². The summed E-state index contributed by atoms with van der Waals surface area (Å²) < 4.78 is 0. The van der Waals surface area contributed by atoms with Gasteiger partial charge in [-0.1, -0.05) is 0 Å². The van der Waals surface area contributed by atoms with Crippen LogP contribution in [0.25, 0.3) is 0 Å². The van der Waals surface area contributed by atoms with Gasteiger partial charge in [-0.25, -0.2) is 0 Å². The fraction of sp³-hybridized carbons (Fsp3) is 0.700. The highest BCUT2D eigenvalue weighted by atomic mass is 16.4. The Morgan fingerprint density at radius 1 is 1.62 bits per heavy atom. The standard InChI is InChI=1S/C10H16N2O4/c1-6(2-5-9(14)15)11-10(16)7-3-4-8(13)12-7/h6-7H,2-5H2,1H3,(H,11,16)(H,12,13)(H,14,15)/t6?,7-/m0/s1. The van der Waals surface area contributed by atoms with Gasteiger partial charge in [-0.2, -0.15) is 0 Å². The van der Waals surface area contributed by atoms with E-state index in [-0.39, 0.29) is 24.3 Å². The lowest BCUT2D eigenvalue weighted by Crippen LogP contribution is -2.45. The van der Waals surface area contributed by atoms with Crippen LogP contribution in [0.2, 0.25) is 0 Å². The molecule has 2 amide bonds. The smallest absolute Gasteiger partial charge is 0.303 e. The quantitative estimate of drug-likeness (QED) is 0.598. The molecule has 0 spiro atoms. The molecule has 0 radical (unpaired) electrons. The van der Waals surface area contributed by atoms with E-state index in [2.05, 4.69) is 10.6 Å². The van der Waals surface area contributed by atoms with Crippen LogP contribution in [0.1, 0.15) is 32.6 Å². The lowest BCUT2D eigenvalue weighted by Gasteiger charge is -2.16. The maximum absolute atomic E-state index is 11.6. The van der Waals surface area contributed by atoms with Crippen LogP contribution in [0, 0.1) is 0 Å². The lowest BCUT2D eigenvalue weighted by molar-refractivity contribution is -0.137. The van der Waals surface area contributed by atoms with Crippen molar-refractivity contribution >= 4 is 17.8 Å². The van der Waals surface area contributed by atoms with Gasteiger partial charge in [0.25, 0.3) is 0 Å². The first-order valence-corrected chi connectivity index (χ1v) is 5.30. The molecule has 1 heterocycles. The zero-order valence-electron chi connectivity index (χ0n) is 9.16. The molecule has 90 valence electrons. The van der Waals surface area contributed by atoms with Crippen molar-refractivity contribution in [3.05, 3.63) is 0 Å². The molecule has 0 aliphatic carbocycles. The zero-order chi connectivity index (χ0) is 12.1. The summed E-state index contributed by atoms with van der Waals surface area (Å²) in [5.74, 6) is -1.22. The summed E-state index contributed by atoms with van der Waals surface area (Å²) in [5, 5.41) is 13.7. The summed E-state index contributed by atoms with van der Waals surface area (Å²) in [4.78, 5) is 32.8. The highest BCUT2D eigenvalue weighted by Crippen LogP contribution is 2.07. The van der Waals surface area contributed by atoms with Gasteiger partial charge in [0.2, 0.25) is 11.8 Å². The Morgan fingerprint density at radius 2 is 2.31 bits per heavy atom. The van der Waals surface area contributed by atoms with Crippen molar-refractivity contribution in [3.63, 3.8) is 0 Å². The van der Waals surface area contributed by atoms with Crippen molar-refractivity contribution in [1.82, 2.24) is 10.6 Å². The molecule has 2 atom stereocenters. The normalized spacial score (nSPS) is 21.3. The average molecular weight is 228 g/mol. The van der Waals surface area contributed by atoms with Gasteiger partial charge in [-0.05, 0) is 19.8 Å². The Bertz CT molecular complexity index is 303. The first-order valence-electron chi connectivity index (χ1n) is 5.30. The molecule has 1 fully saturated rings. The third-order valence-corrected chi connectivity index (χ3v) is 2.49. The van der Waals surface area contributed by atoms with Gasteiger partial charge in [-0.3, -0.25) is 14.4 Å². The van der Waals surface area contributed by atoms with E-state index >= 15 is 0 Å². The summed E-state index contributed by atoms with van der Waals surface area (Å²) in [7, 11) is 0. The maximum atomic E-state index is 11.6. The number of hydrogen-bond acceptors (Lipinski definition) is 3. The summed E-state index contributed by atoms with van der Waals surface area (Å²) in [5.41, 5.74) is 0.